The van der Waals surface area contributed by atoms with Gasteiger partial charge in [0.05, 0.1) is 0 Å². The fourth-order valence-electron chi connectivity index (χ4n) is 3.07. The van der Waals surface area contributed by atoms with Gasteiger partial charge in [0.25, 0.3) is 0 Å². The Labute approximate surface area is 111 Å². The number of hydrogen-bond acceptors (Lipinski definition) is 1. The van der Waals surface area contributed by atoms with Crippen LogP contribution in [0.2, 0.25) is 0 Å². The van der Waals surface area contributed by atoms with Gasteiger partial charge in [-0.3, -0.25) is 4.79 Å². The van der Waals surface area contributed by atoms with Crippen molar-refractivity contribution in [1.82, 2.24) is 0 Å². The molecule has 1 aromatic carbocycles. The summed E-state index contributed by atoms with van der Waals surface area (Å²) in [5.41, 5.74) is 0.869. The molecule has 1 fully saturated rings. The lowest BCUT2D eigenvalue weighted by Crippen LogP contribution is -2.16. The highest BCUT2D eigenvalue weighted by Crippen LogP contribution is 2.32. The first kappa shape index (κ1) is 13.3. The minimum absolute atomic E-state index is 0.304. The Hall–Kier alpha value is -1.11. The van der Waals surface area contributed by atoms with Crippen LogP contribution in [0, 0.1) is 11.8 Å². The van der Waals surface area contributed by atoms with E-state index in [0.29, 0.717) is 18.1 Å². The fourth-order valence-corrected chi connectivity index (χ4v) is 3.07. The lowest BCUT2D eigenvalue weighted by Gasteiger charge is -2.27. The molecule has 0 spiro atoms. The van der Waals surface area contributed by atoms with Crippen molar-refractivity contribution < 1.29 is 4.79 Å². The second-order valence-corrected chi connectivity index (χ2v) is 5.70. The monoisotopic (exact) mass is 244 g/mol. The molecule has 0 aromatic heterocycles. The predicted molar refractivity (Wildman–Crippen MR) is 75.7 cm³/mol. The predicted octanol–water partition coefficient (Wildman–Crippen LogP) is 4.87. The average Bonchev–Trinajstić information content (AvgIpc) is 2.46. The summed E-state index contributed by atoms with van der Waals surface area (Å²) in [6.45, 7) is 2.33. The molecular formula is C17H24O. The molecule has 0 unspecified atom stereocenters. The first-order chi connectivity index (χ1) is 8.77. The first-order valence-corrected chi connectivity index (χ1v) is 7.35. The Morgan fingerprint density at radius 1 is 1.17 bits per heavy atom. The Kier molecular flexibility index (Phi) is 4.98. The molecule has 2 rings (SSSR count). The second kappa shape index (κ2) is 6.72. The van der Waals surface area contributed by atoms with Crippen molar-refractivity contribution >= 4 is 5.78 Å². The highest BCUT2D eigenvalue weighted by Gasteiger charge is 2.20. The highest BCUT2D eigenvalue weighted by molar-refractivity contribution is 5.95. The van der Waals surface area contributed by atoms with Gasteiger partial charge in [0.2, 0.25) is 0 Å². The molecule has 0 heterocycles. The smallest absolute Gasteiger partial charge is 0.162 e. The van der Waals surface area contributed by atoms with Crippen molar-refractivity contribution in [2.75, 3.05) is 0 Å². The van der Waals surface area contributed by atoms with E-state index >= 15 is 0 Å². The number of rotatable bonds is 5. The van der Waals surface area contributed by atoms with Crippen LogP contribution >= 0.6 is 0 Å². The van der Waals surface area contributed by atoms with Crippen molar-refractivity contribution in [2.45, 2.75) is 51.9 Å². The zero-order valence-electron chi connectivity index (χ0n) is 11.4. The van der Waals surface area contributed by atoms with Crippen LogP contribution in [0.1, 0.15) is 62.2 Å². The summed E-state index contributed by atoms with van der Waals surface area (Å²) in [7, 11) is 0. The van der Waals surface area contributed by atoms with Crippen molar-refractivity contribution in [3.63, 3.8) is 0 Å². The Bertz CT molecular complexity index is 362. The van der Waals surface area contributed by atoms with E-state index in [0.717, 1.165) is 17.9 Å². The second-order valence-electron chi connectivity index (χ2n) is 5.70. The van der Waals surface area contributed by atoms with E-state index in [2.05, 4.69) is 6.92 Å². The molecule has 0 saturated heterocycles. The zero-order chi connectivity index (χ0) is 12.8. The third-order valence-electron chi connectivity index (χ3n) is 4.38. The molecular weight excluding hydrogens is 220 g/mol. The lowest BCUT2D eigenvalue weighted by atomic mass is 9.78. The van der Waals surface area contributed by atoms with Crippen LogP contribution in [0.4, 0.5) is 0 Å². The van der Waals surface area contributed by atoms with Gasteiger partial charge < -0.3 is 0 Å². The highest BCUT2D eigenvalue weighted by atomic mass is 16.1. The van der Waals surface area contributed by atoms with Crippen LogP contribution in [0.5, 0.6) is 0 Å². The van der Waals surface area contributed by atoms with Crippen molar-refractivity contribution in [3.05, 3.63) is 35.9 Å². The van der Waals surface area contributed by atoms with Gasteiger partial charge in [-0.05, 0) is 18.3 Å². The maximum atomic E-state index is 12.0. The van der Waals surface area contributed by atoms with Crippen molar-refractivity contribution in [3.8, 4) is 0 Å². The zero-order valence-corrected chi connectivity index (χ0v) is 11.4. The molecule has 18 heavy (non-hydrogen) atoms. The van der Waals surface area contributed by atoms with E-state index < -0.39 is 0 Å². The molecule has 0 amide bonds. The third kappa shape index (κ3) is 3.69. The fraction of sp³-hybridized carbons (Fsp3) is 0.588. The van der Waals surface area contributed by atoms with E-state index in [1.165, 1.54) is 32.1 Å². The Morgan fingerprint density at radius 2 is 1.83 bits per heavy atom. The molecule has 1 heteroatoms. The summed E-state index contributed by atoms with van der Waals surface area (Å²) >= 11 is 0. The molecule has 0 bridgehead atoms. The van der Waals surface area contributed by atoms with Gasteiger partial charge >= 0.3 is 0 Å². The normalized spacial score (nSPS) is 18.5. The van der Waals surface area contributed by atoms with Gasteiger partial charge in [-0.15, -0.1) is 0 Å². The van der Waals surface area contributed by atoms with Crippen LogP contribution in [0.15, 0.2) is 30.3 Å². The van der Waals surface area contributed by atoms with Crippen LogP contribution in [-0.4, -0.2) is 5.78 Å². The first-order valence-electron chi connectivity index (χ1n) is 7.35. The topological polar surface area (TPSA) is 17.1 Å². The average molecular weight is 244 g/mol. The van der Waals surface area contributed by atoms with E-state index in [1.54, 1.807) is 0 Å². The van der Waals surface area contributed by atoms with E-state index in [-0.39, 0.29) is 0 Å². The summed E-state index contributed by atoms with van der Waals surface area (Å²) in [6, 6.07) is 9.69. The van der Waals surface area contributed by atoms with Crippen LogP contribution in [0.25, 0.3) is 0 Å². The van der Waals surface area contributed by atoms with Gasteiger partial charge in [-0.2, -0.15) is 0 Å². The van der Waals surface area contributed by atoms with E-state index in [9.17, 15) is 4.79 Å². The molecule has 1 atom stereocenters. The summed E-state index contributed by atoms with van der Waals surface area (Å²) < 4.78 is 0. The SMILES string of the molecule is C[C@H](CCC(=O)c1ccccc1)C1CCCCC1. The summed E-state index contributed by atoms with van der Waals surface area (Å²) in [5, 5.41) is 0. The van der Waals surface area contributed by atoms with Gasteiger partial charge in [0.1, 0.15) is 0 Å². The summed E-state index contributed by atoms with van der Waals surface area (Å²) in [4.78, 5) is 12.0. The van der Waals surface area contributed by atoms with Crippen LogP contribution in [0.3, 0.4) is 0 Å². The third-order valence-corrected chi connectivity index (χ3v) is 4.38. The quantitative estimate of drug-likeness (QED) is 0.676. The molecule has 1 aliphatic rings. The molecule has 1 saturated carbocycles. The number of carbonyl (C=O) groups is 1. The van der Waals surface area contributed by atoms with Crippen LogP contribution < -0.4 is 0 Å². The van der Waals surface area contributed by atoms with Crippen LogP contribution in [-0.2, 0) is 0 Å². The molecule has 98 valence electrons. The molecule has 0 radical (unpaired) electrons. The standard InChI is InChI=1S/C17H24O/c1-14(15-8-4-2-5-9-15)12-13-17(18)16-10-6-3-7-11-16/h3,6-7,10-11,14-15H,2,4-5,8-9,12-13H2,1H3/t14-/m1/s1. The Balaban J connectivity index is 1.78. The largest absolute Gasteiger partial charge is 0.294 e. The molecule has 0 aliphatic heterocycles. The van der Waals surface area contributed by atoms with E-state index in [4.69, 9.17) is 0 Å². The molecule has 1 aromatic rings. The molecule has 1 nitrogen and oxygen atoms in total. The minimum atomic E-state index is 0.304. The molecule has 0 N–H and O–H groups in total. The number of benzene rings is 1. The minimum Gasteiger partial charge on any atom is -0.294 e. The summed E-state index contributed by atoms with van der Waals surface area (Å²) in [6.07, 6.45) is 8.71. The number of ketones is 1. The maximum Gasteiger partial charge on any atom is 0.162 e. The van der Waals surface area contributed by atoms with E-state index in [1.807, 2.05) is 30.3 Å². The van der Waals surface area contributed by atoms with Gasteiger partial charge in [-0.25, -0.2) is 0 Å². The van der Waals surface area contributed by atoms with Gasteiger partial charge in [0.15, 0.2) is 5.78 Å². The number of hydrogen-bond donors (Lipinski definition) is 0. The number of carbonyl (C=O) groups excluding carboxylic acids is 1. The van der Waals surface area contributed by atoms with Crippen molar-refractivity contribution in [1.29, 1.82) is 0 Å². The Morgan fingerprint density at radius 3 is 2.50 bits per heavy atom. The molecule has 1 aliphatic carbocycles. The maximum absolute atomic E-state index is 12.0. The van der Waals surface area contributed by atoms with Gasteiger partial charge in [0, 0.05) is 12.0 Å². The van der Waals surface area contributed by atoms with Crippen molar-refractivity contribution in [2.24, 2.45) is 11.8 Å². The number of Topliss-reactive ketones (excluding diaryl/α,β-unsaturated/α-hetero) is 1. The van der Waals surface area contributed by atoms with Gasteiger partial charge in [-0.1, -0.05) is 69.4 Å². The lowest BCUT2D eigenvalue weighted by molar-refractivity contribution is 0.0967. The summed E-state index contributed by atoms with van der Waals surface area (Å²) in [5.74, 6) is 1.87.